The number of H-pyrrole nitrogens is 2. The van der Waals surface area contributed by atoms with E-state index in [-0.39, 0.29) is 29.8 Å². The number of rotatable bonds is 10. The summed E-state index contributed by atoms with van der Waals surface area (Å²) in [6.07, 6.45) is 3.66. The summed E-state index contributed by atoms with van der Waals surface area (Å²) in [6.45, 7) is 4.93. The largest absolute Gasteiger partial charge is 0.453 e. The highest BCUT2D eigenvalue weighted by Crippen LogP contribution is 2.36. The number of fused-ring (bicyclic) bond motifs is 1. The van der Waals surface area contributed by atoms with Gasteiger partial charge in [0.2, 0.25) is 5.91 Å². The van der Waals surface area contributed by atoms with Gasteiger partial charge in [-0.25, -0.2) is 19.6 Å². The molecule has 5 aromatic rings. The second-order valence-electron chi connectivity index (χ2n) is 14.3. The Hall–Kier alpha value is -6.18. The first-order valence-electron chi connectivity index (χ1n) is 18.7. The fourth-order valence-electron chi connectivity index (χ4n) is 7.65. The van der Waals surface area contributed by atoms with Crippen molar-refractivity contribution in [3.8, 4) is 22.4 Å². The van der Waals surface area contributed by atoms with E-state index in [1.54, 1.807) is 16.0 Å². The molecule has 4 amide bonds. The lowest BCUT2D eigenvalue weighted by Gasteiger charge is -2.30. The summed E-state index contributed by atoms with van der Waals surface area (Å²) < 4.78 is 9.58. The van der Waals surface area contributed by atoms with Gasteiger partial charge in [0, 0.05) is 13.1 Å². The van der Waals surface area contributed by atoms with Crippen molar-refractivity contribution in [2.45, 2.75) is 63.7 Å². The number of amides is 4. The number of methoxy groups -OCH3 is 2. The zero-order valence-electron chi connectivity index (χ0n) is 31.4. The first-order chi connectivity index (χ1) is 26.6. The molecule has 0 aliphatic carbocycles. The smallest absolute Gasteiger partial charge is 0.407 e. The number of nitrogens with one attached hydrogen (secondary N) is 4. The number of carbonyl (C=O) groups is 4. The van der Waals surface area contributed by atoms with Crippen LogP contribution in [-0.4, -0.2) is 87.1 Å². The number of likely N-dealkylation sites (tertiary alicyclic amines) is 2. The number of ether oxygens (including phenoxy) is 2. The number of aromatic nitrogens is 4. The third kappa shape index (κ3) is 7.75. The monoisotopic (exact) mass is 746 g/mol. The van der Waals surface area contributed by atoms with Gasteiger partial charge in [-0.15, -0.1) is 0 Å². The van der Waals surface area contributed by atoms with Crippen LogP contribution in [0.15, 0.2) is 79.0 Å². The lowest BCUT2D eigenvalue weighted by atomic mass is 10.0. The van der Waals surface area contributed by atoms with Crippen LogP contribution in [0.5, 0.6) is 0 Å². The summed E-state index contributed by atoms with van der Waals surface area (Å²) in [6, 6.07) is 21.4. The molecule has 2 saturated heterocycles. The molecule has 0 unspecified atom stereocenters. The van der Waals surface area contributed by atoms with Crippen LogP contribution in [0, 0.1) is 5.92 Å². The molecule has 55 heavy (non-hydrogen) atoms. The number of aromatic amines is 2. The van der Waals surface area contributed by atoms with Crippen LogP contribution in [0.1, 0.15) is 74.9 Å². The average Bonchev–Trinajstić information content (AvgIpc) is 4.04. The molecule has 2 aliphatic heterocycles. The number of imidazole rings is 2. The molecule has 7 rings (SSSR count). The Morgan fingerprint density at radius 1 is 0.745 bits per heavy atom. The van der Waals surface area contributed by atoms with Crippen molar-refractivity contribution in [1.82, 2.24) is 40.4 Å². The Kier molecular flexibility index (Phi) is 10.8. The summed E-state index contributed by atoms with van der Waals surface area (Å²) in [4.78, 5) is 71.7. The Morgan fingerprint density at radius 3 is 2.04 bits per heavy atom. The molecule has 286 valence electrons. The van der Waals surface area contributed by atoms with E-state index in [1.165, 1.54) is 14.2 Å². The lowest BCUT2D eigenvalue weighted by molar-refractivity contribution is -0.135. The van der Waals surface area contributed by atoms with E-state index >= 15 is 0 Å². The van der Waals surface area contributed by atoms with Crippen LogP contribution in [0.4, 0.5) is 9.59 Å². The molecule has 14 heteroatoms. The normalized spacial score (nSPS) is 18.0. The molecule has 0 spiro atoms. The van der Waals surface area contributed by atoms with Crippen molar-refractivity contribution in [2.75, 3.05) is 27.3 Å². The van der Waals surface area contributed by atoms with Crippen LogP contribution in [0.2, 0.25) is 0 Å². The molecule has 0 saturated carbocycles. The van der Waals surface area contributed by atoms with Crippen LogP contribution in [0.25, 0.3) is 33.4 Å². The van der Waals surface area contributed by atoms with Crippen molar-refractivity contribution in [3.05, 3.63) is 96.2 Å². The number of carbonyl (C=O) groups excluding carboxylic acids is 4. The first kappa shape index (κ1) is 37.1. The molecule has 0 bridgehead atoms. The second-order valence-corrected chi connectivity index (χ2v) is 14.3. The summed E-state index contributed by atoms with van der Waals surface area (Å²) in [5, 5.41) is 5.41. The first-order valence-corrected chi connectivity index (χ1v) is 18.7. The Bertz CT molecular complexity index is 2160. The van der Waals surface area contributed by atoms with Gasteiger partial charge >= 0.3 is 12.2 Å². The summed E-state index contributed by atoms with van der Waals surface area (Å²) in [5.41, 5.74) is 6.16. The van der Waals surface area contributed by atoms with E-state index < -0.39 is 24.3 Å². The SMILES string of the molecule is COC(=O)N[C@H](C(=O)N1CCC[C@H]1c1ncc(-c2ccc(-c3ccc4nc([C@@H]5CCCN5C(=O)[C@H](NC(=O)OC)c5ccccc5)[nH]c4c3)cc2)[nH]1)C(C)C. The lowest BCUT2D eigenvalue weighted by Crippen LogP contribution is -2.51. The topological polar surface area (TPSA) is 175 Å². The van der Waals surface area contributed by atoms with Crippen molar-refractivity contribution in [3.63, 3.8) is 0 Å². The molecule has 0 radical (unpaired) electrons. The molecule has 2 fully saturated rings. The van der Waals surface area contributed by atoms with Gasteiger partial charge in [0.1, 0.15) is 23.7 Å². The number of hydrogen-bond donors (Lipinski definition) is 4. The predicted molar refractivity (Wildman–Crippen MR) is 205 cm³/mol. The number of benzene rings is 3. The predicted octanol–water partition coefficient (Wildman–Crippen LogP) is 6.42. The number of nitrogens with zero attached hydrogens (tertiary/aromatic N) is 4. The average molecular weight is 747 g/mol. The van der Waals surface area contributed by atoms with Crippen LogP contribution < -0.4 is 10.6 Å². The third-order valence-electron chi connectivity index (χ3n) is 10.5. The van der Waals surface area contributed by atoms with Crippen molar-refractivity contribution in [1.29, 1.82) is 0 Å². The molecular formula is C41H46N8O6. The van der Waals surface area contributed by atoms with E-state index in [4.69, 9.17) is 14.5 Å². The van der Waals surface area contributed by atoms with Crippen LogP contribution >= 0.6 is 0 Å². The standard InChI is InChI=1S/C41H46N8O6/c1-24(2)34(46-40(52)54-3)38(50)48-20-8-12-32(48)36-42-23-31(45-36)26-16-14-25(15-17-26)28-18-19-29-30(22-28)44-37(43-29)33-13-9-21-49(33)39(51)35(47-41(53)55-4)27-10-6-5-7-11-27/h5-7,10-11,14-19,22-24,32-35H,8-9,12-13,20-21H2,1-4H3,(H,42,45)(H,43,44)(H,46,52)(H,47,53)/t32-,33-,34-,35+/m0/s1. The van der Waals surface area contributed by atoms with Crippen molar-refractivity contribution < 1.29 is 28.7 Å². The van der Waals surface area contributed by atoms with Gasteiger partial charge in [0.25, 0.3) is 5.91 Å². The fraction of sp³-hybridized carbons (Fsp3) is 0.366. The second kappa shape index (κ2) is 16.0. The van der Waals surface area contributed by atoms with Gasteiger partial charge < -0.3 is 39.9 Å². The highest BCUT2D eigenvalue weighted by atomic mass is 16.5. The molecule has 4 atom stereocenters. The van der Waals surface area contributed by atoms with E-state index in [1.807, 2.05) is 68.4 Å². The van der Waals surface area contributed by atoms with Gasteiger partial charge in [0.05, 0.1) is 49.2 Å². The minimum Gasteiger partial charge on any atom is -0.453 e. The Labute approximate surface area is 319 Å². The van der Waals surface area contributed by atoms with Gasteiger partial charge in [-0.3, -0.25) is 9.59 Å². The number of hydrogen-bond acceptors (Lipinski definition) is 8. The molecule has 14 nitrogen and oxygen atoms in total. The minimum atomic E-state index is -0.887. The van der Waals surface area contributed by atoms with Gasteiger partial charge in [-0.2, -0.15) is 0 Å². The van der Waals surface area contributed by atoms with Crippen molar-refractivity contribution >= 4 is 35.0 Å². The maximum Gasteiger partial charge on any atom is 0.407 e. The zero-order valence-corrected chi connectivity index (χ0v) is 31.4. The molecule has 2 aromatic heterocycles. The van der Waals surface area contributed by atoms with Crippen LogP contribution in [0.3, 0.4) is 0 Å². The summed E-state index contributed by atoms with van der Waals surface area (Å²) >= 11 is 0. The van der Waals surface area contributed by atoms with Crippen LogP contribution in [-0.2, 0) is 19.1 Å². The van der Waals surface area contributed by atoms with Gasteiger partial charge in [-0.05, 0) is 66.0 Å². The Balaban J connectivity index is 1.06. The molecular weight excluding hydrogens is 701 g/mol. The highest BCUT2D eigenvalue weighted by Gasteiger charge is 2.39. The summed E-state index contributed by atoms with van der Waals surface area (Å²) in [7, 11) is 2.56. The van der Waals surface area contributed by atoms with Crippen molar-refractivity contribution in [2.24, 2.45) is 5.92 Å². The zero-order chi connectivity index (χ0) is 38.6. The maximum absolute atomic E-state index is 13.9. The minimum absolute atomic E-state index is 0.112. The maximum atomic E-state index is 13.9. The Morgan fingerprint density at radius 2 is 1.36 bits per heavy atom. The molecule has 4 heterocycles. The number of alkyl carbamates (subject to hydrolysis) is 2. The van der Waals surface area contributed by atoms with Gasteiger partial charge in [0.15, 0.2) is 0 Å². The summed E-state index contributed by atoms with van der Waals surface area (Å²) in [5.74, 6) is 0.940. The van der Waals surface area contributed by atoms with E-state index in [0.717, 1.165) is 59.1 Å². The third-order valence-corrected chi connectivity index (χ3v) is 10.5. The quantitative estimate of drug-likeness (QED) is 0.127. The molecule has 3 aromatic carbocycles. The van der Waals surface area contributed by atoms with Gasteiger partial charge in [-0.1, -0.05) is 74.5 Å². The van der Waals surface area contributed by atoms with E-state index in [2.05, 4.69) is 43.8 Å². The van der Waals surface area contributed by atoms with E-state index in [0.29, 0.717) is 30.3 Å². The highest BCUT2D eigenvalue weighted by molar-refractivity contribution is 5.88. The fourth-order valence-corrected chi connectivity index (χ4v) is 7.65. The molecule has 2 aliphatic rings. The van der Waals surface area contributed by atoms with E-state index in [9.17, 15) is 19.2 Å². The molecule has 4 N–H and O–H groups in total.